The number of benzene rings is 1. The normalized spacial score (nSPS) is 22.0. The van der Waals surface area contributed by atoms with Crippen molar-refractivity contribution >= 4 is 5.91 Å². The second-order valence-corrected chi connectivity index (χ2v) is 7.71. The molecule has 1 atom stereocenters. The molecule has 0 radical (unpaired) electrons. The van der Waals surface area contributed by atoms with Crippen LogP contribution in [0.25, 0.3) is 0 Å². The first-order valence-corrected chi connectivity index (χ1v) is 9.17. The van der Waals surface area contributed by atoms with Crippen molar-refractivity contribution in [3.63, 3.8) is 0 Å². The number of likely N-dealkylation sites (tertiary alicyclic amines) is 2. The number of carbonyl (C=O) groups excluding carboxylic acids is 1. The quantitative estimate of drug-likeness (QED) is 0.911. The zero-order valence-corrected chi connectivity index (χ0v) is 14.9. The van der Waals surface area contributed by atoms with Crippen molar-refractivity contribution < 1.29 is 9.90 Å². The minimum Gasteiger partial charge on any atom is -0.392 e. The van der Waals surface area contributed by atoms with E-state index in [4.69, 9.17) is 5.26 Å². The second kappa shape index (κ2) is 7.55. The third-order valence-corrected chi connectivity index (χ3v) is 5.64. The summed E-state index contributed by atoms with van der Waals surface area (Å²) >= 11 is 0. The first kappa shape index (κ1) is 17.9. The van der Waals surface area contributed by atoms with Crippen LogP contribution >= 0.6 is 0 Å². The molecule has 2 saturated heterocycles. The lowest BCUT2D eigenvalue weighted by atomic mass is 9.72. The lowest BCUT2D eigenvalue weighted by molar-refractivity contribution is -0.140. The Morgan fingerprint density at radius 2 is 1.92 bits per heavy atom. The fourth-order valence-corrected chi connectivity index (χ4v) is 4.12. The highest BCUT2D eigenvalue weighted by molar-refractivity contribution is 5.77. The van der Waals surface area contributed by atoms with E-state index >= 15 is 0 Å². The number of aliphatic hydroxyl groups is 1. The lowest BCUT2D eigenvalue weighted by Crippen LogP contribution is -2.52. The smallest absolute Gasteiger partial charge is 0.222 e. The molecule has 0 bridgehead atoms. The molecule has 0 aliphatic carbocycles. The zero-order chi connectivity index (χ0) is 17.9. The van der Waals surface area contributed by atoms with E-state index in [1.54, 1.807) is 6.92 Å². The average molecular weight is 341 g/mol. The van der Waals surface area contributed by atoms with Crippen molar-refractivity contribution in [2.24, 2.45) is 5.41 Å². The molecule has 134 valence electrons. The number of aliphatic hydroxyl groups excluding tert-OH is 1. The monoisotopic (exact) mass is 341 g/mol. The summed E-state index contributed by atoms with van der Waals surface area (Å²) in [7, 11) is 0. The molecule has 0 unspecified atom stereocenters. The number of hydrogen-bond donors (Lipinski definition) is 1. The molecule has 2 heterocycles. The molecule has 1 aromatic rings. The fourth-order valence-electron chi connectivity index (χ4n) is 4.12. The summed E-state index contributed by atoms with van der Waals surface area (Å²) in [5.74, 6) is 0.187. The molecule has 5 heteroatoms. The SMILES string of the molecule is C[C@H](O)CN1CC2(CCC1=O)CCN(Cc1ccc(C#N)cc1)CC2. The number of nitriles is 1. The predicted octanol–water partition coefficient (Wildman–Crippen LogP) is 2.14. The molecule has 0 saturated carbocycles. The van der Waals surface area contributed by atoms with Crippen LogP contribution in [-0.4, -0.2) is 53.1 Å². The maximum Gasteiger partial charge on any atom is 0.222 e. The van der Waals surface area contributed by atoms with Gasteiger partial charge in [0.1, 0.15) is 0 Å². The van der Waals surface area contributed by atoms with Crippen LogP contribution in [0.15, 0.2) is 24.3 Å². The van der Waals surface area contributed by atoms with Crippen molar-refractivity contribution in [3.05, 3.63) is 35.4 Å². The van der Waals surface area contributed by atoms with Gasteiger partial charge in [0.25, 0.3) is 0 Å². The molecule has 1 aromatic carbocycles. The minimum absolute atomic E-state index is 0.187. The standard InChI is InChI=1S/C20H27N3O2/c1-16(24)13-23-15-20(7-6-19(23)25)8-10-22(11-9-20)14-18-4-2-17(12-21)3-5-18/h2-5,16,24H,6-11,13-15H2,1H3/t16-/m0/s1. The minimum atomic E-state index is -0.462. The first-order valence-electron chi connectivity index (χ1n) is 9.17. The summed E-state index contributed by atoms with van der Waals surface area (Å²) in [4.78, 5) is 16.4. The van der Waals surface area contributed by atoms with Crippen LogP contribution in [0.5, 0.6) is 0 Å². The van der Waals surface area contributed by atoms with E-state index in [1.807, 2.05) is 29.2 Å². The Balaban J connectivity index is 1.55. The first-order chi connectivity index (χ1) is 12.0. The van der Waals surface area contributed by atoms with Crippen molar-refractivity contribution in [2.75, 3.05) is 26.2 Å². The van der Waals surface area contributed by atoms with Gasteiger partial charge >= 0.3 is 0 Å². The maximum atomic E-state index is 12.1. The molecule has 2 aliphatic rings. The molecule has 3 rings (SSSR count). The Hall–Kier alpha value is -1.90. The molecule has 1 spiro atoms. The van der Waals surface area contributed by atoms with E-state index in [9.17, 15) is 9.90 Å². The Labute approximate surface area is 149 Å². The van der Waals surface area contributed by atoms with E-state index in [1.165, 1.54) is 5.56 Å². The molecule has 5 nitrogen and oxygen atoms in total. The van der Waals surface area contributed by atoms with Crippen LogP contribution in [0.1, 0.15) is 43.7 Å². The van der Waals surface area contributed by atoms with Gasteiger partial charge in [0.05, 0.1) is 17.7 Å². The summed E-state index contributed by atoms with van der Waals surface area (Å²) in [5, 5.41) is 18.5. The molecule has 0 aromatic heterocycles. The molecule has 1 N–H and O–H groups in total. The highest BCUT2D eigenvalue weighted by atomic mass is 16.3. The van der Waals surface area contributed by atoms with E-state index in [0.717, 1.165) is 45.4 Å². The molecule has 2 aliphatic heterocycles. The molecule has 25 heavy (non-hydrogen) atoms. The topological polar surface area (TPSA) is 67.6 Å². The van der Waals surface area contributed by atoms with Crippen LogP contribution < -0.4 is 0 Å². The van der Waals surface area contributed by atoms with Crippen molar-refractivity contribution in [2.45, 2.75) is 45.3 Å². The van der Waals surface area contributed by atoms with Crippen molar-refractivity contribution in [1.82, 2.24) is 9.80 Å². The van der Waals surface area contributed by atoms with Crippen molar-refractivity contribution in [3.8, 4) is 6.07 Å². The zero-order valence-electron chi connectivity index (χ0n) is 14.9. The number of amides is 1. The molecular weight excluding hydrogens is 314 g/mol. The number of hydrogen-bond acceptors (Lipinski definition) is 4. The number of nitrogens with zero attached hydrogens (tertiary/aromatic N) is 3. The molecule has 2 fully saturated rings. The van der Waals surface area contributed by atoms with E-state index in [2.05, 4.69) is 11.0 Å². The van der Waals surface area contributed by atoms with Crippen LogP contribution in [0.2, 0.25) is 0 Å². The van der Waals surface area contributed by atoms with Gasteiger partial charge in [-0.15, -0.1) is 0 Å². The second-order valence-electron chi connectivity index (χ2n) is 7.71. The van der Waals surface area contributed by atoms with Gasteiger partial charge in [-0.3, -0.25) is 9.69 Å². The van der Waals surface area contributed by atoms with Gasteiger partial charge in [0.15, 0.2) is 0 Å². The number of piperidine rings is 2. The van der Waals surface area contributed by atoms with E-state index in [0.29, 0.717) is 18.5 Å². The van der Waals surface area contributed by atoms with Gasteiger partial charge < -0.3 is 10.0 Å². The highest BCUT2D eigenvalue weighted by Crippen LogP contribution is 2.40. The van der Waals surface area contributed by atoms with Gasteiger partial charge in [-0.1, -0.05) is 12.1 Å². The summed E-state index contributed by atoms with van der Waals surface area (Å²) in [5.41, 5.74) is 2.17. The van der Waals surface area contributed by atoms with E-state index in [-0.39, 0.29) is 11.3 Å². The third kappa shape index (κ3) is 4.39. The number of β-amino-alcohol motifs (C(OH)–C–C–N with tert-alkyl or cyclic N) is 1. The summed E-state index contributed by atoms with van der Waals surface area (Å²) in [6.07, 6.45) is 3.34. The van der Waals surface area contributed by atoms with Gasteiger partial charge in [-0.05, 0) is 62.4 Å². The summed E-state index contributed by atoms with van der Waals surface area (Å²) in [6.45, 7) is 5.98. The van der Waals surface area contributed by atoms with Crippen LogP contribution in [-0.2, 0) is 11.3 Å². The molecular formula is C20H27N3O2. The Morgan fingerprint density at radius 1 is 1.24 bits per heavy atom. The Bertz CT molecular complexity index is 640. The predicted molar refractivity (Wildman–Crippen MR) is 95.6 cm³/mol. The average Bonchev–Trinajstić information content (AvgIpc) is 2.61. The Kier molecular flexibility index (Phi) is 5.41. The van der Waals surface area contributed by atoms with E-state index < -0.39 is 6.10 Å². The summed E-state index contributed by atoms with van der Waals surface area (Å²) < 4.78 is 0. The summed E-state index contributed by atoms with van der Waals surface area (Å²) in [6, 6.07) is 9.98. The largest absolute Gasteiger partial charge is 0.392 e. The highest BCUT2D eigenvalue weighted by Gasteiger charge is 2.40. The van der Waals surface area contributed by atoms with Gasteiger partial charge in [0.2, 0.25) is 5.91 Å². The van der Waals surface area contributed by atoms with Crippen LogP contribution in [0.3, 0.4) is 0 Å². The van der Waals surface area contributed by atoms with Gasteiger partial charge in [-0.25, -0.2) is 0 Å². The maximum absolute atomic E-state index is 12.1. The third-order valence-electron chi connectivity index (χ3n) is 5.64. The van der Waals surface area contributed by atoms with Gasteiger partial charge in [0, 0.05) is 26.1 Å². The van der Waals surface area contributed by atoms with Crippen molar-refractivity contribution in [1.29, 1.82) is 5.26 Å². The number of carbonyl (C=O) groups is 1. The van der Waals surface area contributed by atoms with Crippen LogP contribution in [0, 0.1) is 16.7 Å². The Morgan fingerprint density at radius 3 is 2.52 bits per heavy atom. The lowest BCUT2D eigenvalue weighted by Gasteiger charge is -2.47. The number of rotatable bonds is 4. The van der Waals surface area contributed by atoms with Crippen LogP contribution in [0.4, 0.5) is 0 Å². The molecule has 1 amide bonds. The van der Waals surface area contributed by atoms with Gasteiger partial charge in [-0.2, -0.15) is 5.26 Å². The fraction of sp³-hybridized carbons (Fsp3) is 0.600.